The molecule has 1 spiro atoms. The van der Waals surface area contributed by atoms with Crippen LogP contribution in [0.1, 0.15) is 22.3 Å². The number of furan rings is 2. The van der Waals surface area contributed by atoms with Crippen molar-refractivity contribution in [1.82, 2.24) is 4.57 Å². The van der Waals surface area contributed by atoms with E-state index in [4.69, 9.17) is 8.83 Å². The van der Waals surface area contributed by atoms with Crippen LogP contribution in [0.4, 0.5) is 0 Å². The second-order valence-corrected chi connectivity index (χ2v) is 19.7. The standard InChI is InChI=1S/C69H39NO2/c1-5-29-54-48(18-1)65-51(28-14-31-56(65)69(54)55-30-6-8-34-59(55)70-58-33-7-2-17-42(58)47-27-13-32-57(69)68(47)70)64-45-23-11-21-40(43-25-15-37-62-66(43)49-19-3-9-35-60(49)71-62)52(45)39-53-41(22-12-24-46(53)64)44-26-16-38-63-67(44)50-20-4-10-36-61(50)72-63/h1-39H. The van der Waals surface area contributed by atoms with Gasteiger partial charge in [-0.15, -0.1) is 0 Å². The van der Waals surface area contributed by atoms with E-state index < -0.39 is 5.41 Å². The van der Waals surface area contributed by atoms with E-state index in [2.05, 4.69) is 241 Å². The lowest BCUT2D eigenvalue weighted by molar-refractivity contribution is 0.668. The van der Waals surface area contributed by atoms with Gasteiger partial charge in [-0.05, 0) is 131 Å². The quantitative estimate of drug-likeness (QED) is 0.165. The Kier molecular flexibility index (Phi) is 7.40. The lowest BCUT2D eigenvalue weighted by Gasteiger charge is -2.39. The predicted molar refractivity (Wildman–Crippen MR) is 298 cm³/mol. The number of hydrogen-bond acceptors (Lipinski definition) is 2. The molecule has 2 aliphatic rings. The zero-order valence-corrected chi connectivity index (χ0v) is 38.8. The molecule has 15 aromatic rings. The Bertz CT molecular complexity index is 4710. The van der Waals surface area contributed by atoms with E-state index in [1.807, 2.05) is 0 Å². The van der Waals surface area contributed by atoms with Crippen molar-refractivity contribution in [2.75, 3.05) is 0 Å². The smallest absolute Gasteiger partial charge is 0.136 e. The third kappa shape index (κ3) is 4.71. The molecule has 72 heavy (non-hydrogen) atoms. The highest BCUT2D eigenvalue weighted by molar-refractivity contribution is 6.25. The normalized spacial score (nSPS) is 14.7. The summed E-state index contributed by atoms with van der Waals surface area (Å²) in [6.45, 7) is 0. The Morgan fingerprint density at radius 3 is 1.44 bits per heavy atom. The van der Waals surface area contributed by atoms with Gasteiger partial charge in [0, 0.05) is 32.3 Å². The van der Waals surface area contributed by atoms with Crippen LogP contribution in [-0.2, 0) is 5.41 Å². The minimum absolute atomic E-state index is 0.588. The molecule has 0 radical (unpaired) electrons. The largest absolute Gasteiger partial charge is 0.456 e. The first-order valence-electron chi connectivity index (χ1n) is 24.9. The predicted octanol–water partition coefficient (Wildman–Crippen LogP) is 18.6. The second-order valence-electron chi connectivity index (χ2n) is 19.7. The van der Waals surface area contributed by atoms with Crippen molar-refractivity contribution in [3.05, 3.63) is 259 Å². The molecule has 0 N–H and O–H groups in total. The Labute approximate surface area is 413 Å². The highest BCUT2D eigenvalue weighted by Gasteiger charge is 2.51. The van der Waals surface area contributed by atoms with Crippen LogP contribution in [-0.4, -0.2) is 4.57 Å². The fourth-order valence-electron chi connectivity index (χ4n) is 13.7. The van der Waals surface area contributed by atoms with E-state index in [0.717, 1.165) is 55.0 Å². The zero-order chi connectivity index (χ0) is 46.8. The number of aromatic nitrogens is 1. The summed E-state index contributed by atoms with van der Waals surface area (Å²) in [6, 6.07) is 87.6. The van der Waals surface area contributed by atoms with Crippen molar-refractivity contribution >= 4 is 87.2 Å². The van der Waals surface area contributed by atoms with Gasteiger partial charge in [-0.25, -0.2) is 0 Å². The molecular weight excluding hydrogens is 875 g/mol. The van der Waals surface area contributed by atoms with Gasteiger partial charge < -0.3 is 13.4 Å². The van der Waals surface area contributed by atoms with Gasteiger partial charge in [0.25, 0.3) is 0 Å². The van der Waals surface area contributed by atoms with Crippen LogP contribution in [0.5, 0.6) is 0 Å². The van der Waals surface area contributed by atoms with Crippen LogP contribution in [0.3, 0.4) is 0 Å². The molecule has 17 rings (SSSR count). The lowest BCUT2D eigenvalue weighted by atomic mass is 9.65. The number of hydrogen-bond donors (Lipinski definition) is 0. The van der Waals surface area contributed by atoms with Crippen molar-refractivity contribution in [1.29, 1.82) is 0 Å². The van der Waals surface area contributed by atoms with Gasteiger partial charge in [-0.1, -0.05) is 194 Å². The molecule has 3 aromatic heterocycles. The highest BCUT2D eigenvalue weighted by atomic mass is 16.3. The maximum absolute atomic E-state index is 6.55. The summed E-state index contributed by atoms with van der Waals surface area (Å²) < 4.78 is 15.6. The third-order valence-electron chi connectivity index (χ3n) is 16.4. The minimum atomic E-state index is -0.588. The third-order valence-corrected chi connectivity index (χ3v) is 16.4. The average molecular weight is 914 g/mol. The van der Waals surface area contributed by atoms with Crippen LogP contribution >= 0.6 is 0 Å². The Balaban J connectivity index is 1.03. The van der Waals surface area contributed by atoms with Gasteiger partial charge in [0.1, 0.15) is 22.3 Å². The molecule has 0 fully saturated rings. The van der Waals surface area contributed by atoms with E-state index in [0.29, 0.717) is 0 Å². The maximum atomic E-state index is 6.55. The topological polar surface area (TPSA) is 31.2 Å². The van der Waals surface area contributed by atoms with Gasteiger partial charge in [0.2, 0.25) is 0 Å². The fraction of sp³-hybridized carbons (Fsp3) is 0.0145. The molecule has 0 saturated heterocycles. The second kappa shape index (κ2) is 13.9. The zero-order valence-electron chi connectivity index (χ0n) is 38.8. The van der Waals surface area contributed by atoms with E-state index in [1.165, 1.54) is 105 Å². The molecule has 1 aliphatic heterocycles. The number of benzene rings is 12. The van der Waals surface area contributed by atoms with Crippen LogP contribution in [0.15, 0.2) is 245 Å². The molecule has 0 amide bonds. The molecule has 332 valence electrons. The van der Waals surface area contributed by atoms with E-state index in [1.54, 1.807) is 0 Å². The molecule has 1 unspecified atom stereocenters. The van der Waals surface area contributed by atoms with E-state index in [-0.39, 0.29) is 0 Å². The number of nitrogens with zero attached hydrogens (tertiary/aromatic N) is 1. The van der Waals surface area contributed by atoms with Crippen LogP contribution < -0.4 is 0 Å². The molecule has 1 aliphatic carbocycles. The summed E-state index contributed by atoms with van der Waals surface area (Å²) >= 11 is 0. The van der Waals surface area contributed by atoms with Gasteiger partial charge in [-0.3, -0.25) is 0 Å². The van der Waals surface area contributed by atoms with Gasteiger partial charge in [0.05, 0.1) is 22.1 Å². The van der Waals surface area contributed by atoms with Gasteiger partial charge >= 0.3 is 0 Å². The minimum Gasteiger partial charge on any atom is -0.456 e. The Morgan fingerprint density at radius 2 is 0.736 bits per heavy atom. The van der Waals surface area contributed by atoms with Crippen LogP contribution in [0.25, 0.3) is 137 Å². The Morgan fingerprint density at radius 1 is 0.278 bits per heavy atom. The van der Waals surface area contributed by atoms with E-state index >= 15 is 0 Å². The van der Waals surface area contributed by atoms with Crippen LogP contribution in [0, 0.1) is 0 Å². The molecule has 0 bridgehead atoms. The summed E-state index contributed by atoms with van der Waals surface area (Å²) in [5.74, 6) is 0. The van der Waals surface area contributed by atoms with Crippen molar-refractivity contribution in [2.24, 2.45) is 0 Å². The summed E-state index contributed by atoms with van der Waals surface area (Å²) in [5, 5.41) is 11.8. The van der Waals surface area contributed by atoms with Crippen LogP contribution in [0.2, 0.25) is 0 Å². The lowest BCUT2D eigenvalue weighted by Crippen LogP contribution is -2.33. The summed E-state index contributed by atoms with van der Waals surface area (Å²) in [6.07, 6.45) is 0. The average Bonchev–Trinajstić information content (AvgIpc) is 4.19. The summed E-state index contributed by atoms with van der Waals surface area (Å²) in [5.41, 5.74) is 21.5. The van der Waals surface area contributed by atoms with Gasteiger partial charge in [0.15, 0.2) is 0 Å². The maximum Gasteiger partial charge on any atom is 0.136 e. The summed E-state index contributed by atoms with van der Waals surface area (Å²) in [7, 11) is 0. The van der Waals surface area contributed by atoms with Gasteiger partial charge in [-0.2, -0.15) is 0 Å². The molecule has 1 atom stereocenters. The Hall–Kier alpha value is -9.44. The molecule has 3 heteroatoms. The molecule has 4 heterocycles. The first kappa shape index (κ1) is 38.4. The summed E-state index contributed by atoms with van der Waals surface area (Å²) in [4.78, 5) is 0. The molecular formula is C69H39NO2. The molecule has 12 aromatic carbocycles. The van der Waals surface area contributed by atoms with Crippen molar-refractivity contribution in [2.45, 2.75) is 5.41 Å². The highest BCUT2D eigenvalue weighted by Crippen LogP contribution is 2.63. The molecule has 0 saturated carbocycles. The number of para-hydroxylation sites is 5. The first-order chi connectivity index (χ1) is 35.8. The van der Waals surface area contributed by atoms with E-state index in [9.17, 15) is 0 Å². The first-order valence-corrected chi connectivity index (χ1v) is 24.9. The number of rotatable bonds is 3. The van der Waals surface area contributed by atoms with Crippen molar-refractivity contribution in [3.8, 4) is 50.2 Å². The monoisotopic (exact) mass is 913 g/mol. The SMILES string of the molecule is c1ccc2c(c1)-c1c(-c3c4cccc(-c5cccc6oc7ccccc7c56)c4cc4c(-c5cccc6oc7ccccc7c56)cccc34)cccc1C21c2ccccc2-n2c3ccccc3c3cccc1c32. The van der Waals surface area contributed by atoms with Crippen molar-refractivity contribution < 1.29 is 8.83 Å². The number of fused-ring (bicyclic) bond motifs is 20. The van der Waals surface area contributed by atoms with Crippen molar-refractivity contribution in [3.63, 3.8) is 0 Å². The fourth-order valence-corrected chi connectivity index (χ4v) is 13.7. The molecule has 3 nitrogen and oxygen atoms in total.